The SMILES string of the molecule is CCC.CCCC(/C=C\C=O)=C/N(C)C/C(=C(/N)c1ccc(N2CCCCC2)c(C(F)(F)F)n1)N(C)N.O=CO. The number of rotatable bonds is 10. The number of nitrogens with zero attached hydrogens (tertiary/aromatic N) is 4. The predicted octanol–water partition coefficient (Wildman–Crippen LogP) is 5.01. The molecule has 0 aliphatic carbocycles. The summed E-state index contributed by atoms with van der Waals surface area (Å²) in [5.74, 6) is 5.99. The van der Waals surface area contributed by atoms with Crippen molar-refractivity contribution in [2.75, 3.05) is 38.6 Å². The third-order valence-corrected chi connectivity index (χ3v) is 5.56. The number of hydrogen-bond acceptors (Lipinski definition) is 8. The standard InChI is InChI=1S/C24H35F3N6O.C3H8.CH2O2/c1-4-9-18(10-8-15-34)16-31(2)17-21(32(3)29)22(28)19-11-12-20(23(30-19)24(25,26)27)33-13-6-5-7-14-33;1-3-2;2-1-3/h8,10-12,15-16H,4-7,9,13-14,17,28-29H2,1-3H3;3H2,1-2H3;1H,(H,2,3)/b10-8-,18-16-,22-21-;;. The van der Waals surface area contributed by atoms with E-state index in [0.717, 1.165) is 37.7 Å². The average molecular weight is 571 g/mol. The first-order valence-corrected chi connectivity index (χ1v) is 13.3. The number of alkyl halides is 3. The largest absolute Gasteiger partial charge is 0.483 e. The molecule has 2 rings (SSSR count). The molecule has 0 amide bonds. The Hall–Kier alpha value is -3.54. The Morgan fingerprint density at radius 2 is 1.70 bits per heavy atom. The van der Waals surface area contributed by atoms with Crippen LogP contribution in [0.4, 0.5) is 18.9 Å². The summed E-state index contributed by atoms with van der Waals surface area (Å²) in [6.45, 7) is 7.40. The molecule has 12 heteroatoms. The lowest BCUT2D eigenvalue weighted by molar-refractivity contribution is -0.140. The number of aromatic nitrogens is 1. The lowest BCUT2D eigenvalue weighted by Gasteiger charge is -2.31. The Morgan fingerprint density at radius 1 is 1.12 bits per heavy atom. The highest BCUT2D eigenvalue weighted by Crippen LogP contribution is 2.37. The highest BCUT2D eigenvalue weighted by atomic mass is 19.4. The Bertz CT molecular complexity index is 988. The third kappa shape index (κ3) is 13.0. The van der Waals surface area contributed by atoms with Gasteiger partial charge >= 0.3 is 6.18 Å². The second-order valence-electron chi connectivity index (χ2n) is 9.26. The molecule has 5 N–H and O–H groups in total. The first-order chi connectivity index (χ1) is 18.9. The highest BCUT2D eigenvalue weighted by Gasteiger charge is 2.37. The monoisotopic (exact) mass is 570 g/mol. The minimum absolute atomic E-state index is 0.0207. The van der Waals surface area contributed by atoms with Crippen molar-refractivity contribution < 1.29 is 27.9 Å². The summed E-state index contributed by atoms with van der Waals surface area (Å²) in [6, 6.07) is 2.97. The fourth-order valence-corrected chi connectivity index (χ4v) is 3.94. The van der Waals surface area contributed by atoms with Crippen LogP contribution in [0.25, 0.3) is 5.70 Å². The van der Waals surface area contributed by atoms with E-state index in [1.54, 1.807) is 25.1 Å². The third-order valence-electron chi connectivity index (χ3n) is 5.56. The number of allylic oxidation sites excluding steroid dienone is 3. The molecule has 226 valence electrons. The van der Waals surface area contributed by atoms with Crippen LogP contribution in [0.2, 0.25) is 0 Å². The van der Waals surface area contributed by atoms with Gasteiger partial charge in [0, 0.05) is 33.4 Å². The maximum atomic E-state index is 13.9. The summed E-state index contributed by atoms with van der Waals surface area (Å²) < 4.78 is 41.7. The molecule has 1 fully saturated rings. The van der Waals surface area contributed by atoms with Gasteiger partial charge in [0.15, 0.2) is 5.69 Å². The lowest BCUT2D eigenvalue weighted by Crippen LogP contribution is -2.34. The van der Waals surface area contributed by atoms with E-state index in [4.69, 9.17) is 21.5 Å². The molecule has 0 radical (unpaired) electrons. The Kier molecular flexibility index (Phi) is 17.8. The van der Waals surface area contributed by atoms with Gasteiger partial charge in [-0.2, -0.15) is 13.2 Å². The van der Waals surface area contributed by atoms with E-state index in [1.807, 2.05) is 18.0 Å². The molecule has 0 aromatic carbocycles. The van der Waals surface area contributed by atoms with Crippen molar-refractivity contribution in [1.82, 2.24) is 14.9 Å². The van der Waals surface area contributed by atoms with Gasteiger partial charge in [-0.15, -0.1) is 0 Å². The van der Waals surface area contributed by atoms with E-state index in [-0.39, 0.29) is 30.1 Å². The second kappa shape index (κ2) is 19.5. The van der Waals surface area contributed by atoms with E-state index < -0.39 is 11.9 Å². The van der Waals surface area contributed by atoms with E-state index in [0.29, 0.717) is 25.1 Å². The summed E-state index contributed by atoms with van der Waals surface area (Å²) in [6.07, 6.45) is 6.70. The van der Waals surface area contributed by atoms with E-state index >= 15 is 0 Å². The van der Waals surface area contributed by atoms with Gasteiger partial charge in [0.25, 0.3) is 6.47 Å². The molecular weight excluding hydrogens is 525 g/mol. The molecule has 1 aliphatic heterocycles. The molecule has 0 bridgehead atoms. The Morgan fingerprint density at radius 3 is 2.17 bits per heavy atom. The van der Waals surface area contributed by atoms with Gasteiger partial charge in [-0.1, -0.05) is 39.7 Å². The smallest absolute Gasteiger partial charge is 0.435 e. The van der Waals surface area contributed by atoms with Crippen LogP contribution in [0.3, 0.4) is 0 Å². The summed E-state index contributed by atoms with van der Waals surface area (Å²) in [5.41, 5.74) is 6.89. The van der Waals surface area contributed by atoms with Crippen LogP contribution >= 0.6 is 0 Å². The van der Waals surface area contributed by atoms with Crippen molar-refractivity contribution in [1.29, 1.82) is 0 Å². The number of halogens is 3. The van der Waals surface area contributed by atoms with Gasteiger partial charge in [-0.05, 0) is 49.5 Å². The molecular formula is C28H45F3N6O3. The van der Waals surface area contributed by atoms with Crippen molar-refractivity contribution in [3.63, 3.8) is 0 Å². The molecule has 1 aromatic heterocycles. The minimum Gasteiger partial charge on any atom is -0.483 e. The average Bonchev–Trinajstić information content (AvgIpc) is 2.90. The number of hydrogen-bond donors (Lipinski definition) is 3. The summed E-state index contributed by atoms with van der Waals surface area (Å²) >= 11 is 0. The molecule has 1 saturated heterocycles. The lowest BCUT2D eigenvalue weighted by atomic mass is 10.1. The number of carboxylic acid groups (broad SMARTS) is 1. The number of anilines is 1. The number of carbonyl (C=O) groups excluding carboxylic acids is 1. The normalized spacial score (nSPS) is 14.3. The number of likely N-dealkylation sites (N-methyl/N-ethyl adjacent to an activating group) is 2. The zero-order valence-electron chi connectivity index (χ0n) is 24.2. The zero-order valence-corrected chi connectivity index (χ0v) is 24.2. The second-order valence-corrected chi connectivity index (χ2v) is 9.26. The van der Waals surface area contributed by atoms with Gasteiger partial charge in [0.05, 0.1) is 29.3 Å². The van der Waals surface area contributed by atoms with Crippen molar-refractivity contribution >= 4 is 24.1 Å². The van der Waals surface area contributed by atoms with Crippen molar-refractivity contribution in [2.45, 2.75) is 65.5 Å². The maximum Gasteiger partial charge on any atom is 0.435 e. The van der Waals surface area contributed by atoms with Crippen molar-refractivity contribution in [2.24, 2.45) is 11.6 Å². The van der Waals surface area contributed by atoms with Crippen LogP contribution < -0.4 is 16.5 Å². The first kappa shape index (κ1) is 36.5. The molecule has 0 saturated carbocycles. The van der Waals surface area contributed by atoms with Crippen LogP contribution in [0.15, 0.2) is 41.8 Å². The summed E-state index contributed by atoms with van der Waals surface area (Å²) in [7, 11) is 3.38. The van der Waals surface area contributed by atoms with Crippen LogP contribution in [0, 0.1) is 0 Å². The predicted molar refractivity (Wildman–Crippen MR) is 154 cm³/mol. The number of pyridine rings is 1. The quantitative estimate of drug-likeness (QED) is 0.117. The van der Waals surface area contributed by atoms with Crippen LogP contribution in [-0.4, -0.2) is 66.5 Å². The minimum atomic E-state index is -4.61. The molecule has 1 aromatic rings. The van der Waals surface area contributed by atoms with Crippen LogP contribution in [0.1, 0.15) is 70.7 Å². The number of carbonyl (C=O) groups is 2. The first-order valence-electron chi connectivity index (χ1n) is 13.3. The van der Waals surface area contributed by atoms with Crippen molar-refractivity contribution in [3.05, 3.63) is 53.1 Å². The molecule has 0 unspecified atom stereocenters. The Labute approximate surface area is 236 Å². The molecule has 0 atom stereocenters. The van der Waals surface area contributed by atoms with Crippen LogP contribution in [-0.2, 0) is 15.8 Å². The molecule has 9 nitrogen and oxygen atoms in total. The zero-order chi connectivity index (χ0) is 30.7. The van der Waals surface area contributed by atoms with Gasteiger partial charge in [-0.25, -0.2) is 10.8 Å². The van der Waals surface area contributed by atoms with Gasteiger partial charge in [0.2, 0.25) is 0 Å². The molecule has 0 spiro atoms. The number of hydrazine groups is 1. The van der Waals surface area contributed by atoms with E-state index in [2.05, 4.69) is 18.8 Å². The fourth-order valence-electron chi connectivity index (χ4n) is 3.94. The van der Waals surface area contributed by atoms with E-state index in [9.17, 15) is 18.0 Å². The maximum absolute atomic E-state index is 13.9. The van der Waals surface area contributed by atoms with Gasteiger partial charge in [0.1, 0.15) is 6.29 Å². The van der Waals surface area contributed by atoms with Gasteiger partial charge < -0.3 is 25.6 Å². The van der Waals surface area contributed by atoms with Gasteiger partial charge in [-0.3, -0.25) is 9.59 Å². The Balaban J connectivity index is 0.00000232. The number of piperidine rings is 1. The number of nitrogens with two attached hydrogens (primary N) is 2. The highest BCUT2D eigenvalue weighted by molar-refractivity contribution is 5.66. The summed E-state index contributed by atoms with van der Waals surface area (Å²) in [5, 5.41) is 8.17. The van der Waals surface area contributed by atoms with Crippen LogP contribution in [0.5, 0.6) is 0 Å². The fraction of sp³-hybridized carbons (Fsp3) is 0.536. The molecule has 40 heavy (non-hydrogen) atoms. The topological polar surface area (TPSA) is 129 Å². The van der Waals surface area contributed by atoms with E-state index in [1.165, 1.54) is 29.6 Å². The number of aldehydes is 1. The molecule has 2 heterocycles. The molecule has 1 aliphatic rings. The summed E-state index contributed by atoms with van der Waals surface area (Å²) in [4.78, 5) is 26.5. The van der Waals surface area contributed by atoms with Crippen molar-refractivity contribution in [3.8, 4) is 0 Å².